The van der Waals surface area contributed by atoms with Gasteiger partial charge in [-0.05, 0) is 23.3 Å². The number of nitrogens with one attached hydrogen (secondary N) is 1. The molecule has 2 heterocycles. The second-order valence-corrected chi connectivity index (χ2v) is 5.29. The van der Waals surface area contributed by atoms with E-state index in [1.54, 1.807) is 4.90 Å². The molecule has 1 aliphatic rings. The van der Waals surface area contributed by atoms with Crippen LogP contribution in [0.2, 0.25) is 0 Å². The maximum Gasteiger partial charge on any atom is 0.340 e. The standard InChI is InChI=1S/C15H16N4O3/c20-15(18-8-4-5-9-18)13(11-6-2-1-3-7-11)14-16-10-12(17-14)19(21)22/h1-3,6-7,10,13H,4-5,8-9H2,(H,16,17). The van der Waals surface area contributed by atoms with E-state index in [1.807, 2.05) is 30.3 Å². The van der Waals surface area contributed by atoms with Crippen LogP contribution in [0.25, 0.3) is 0 Å². The van der Waals surface area contributed by atoms with Crippen LogP contribution in [0.1, 0.15) is 30.1 Å². The minimum atomic E-state index is -0.631. The molecule has 0 aliphatic carbocycles. The lowest BCUT2D eigenvalue weighted by Gasteiger charge is -2.21. The number of H-pyrrole nitrogens is 1. The number of nitrogens with zero attached hydrogens (tertiary/aromatic N) is 3. The van der Waals surface area contributed by atoms with Crippen LogP contribution in [-0.4, -0.2) is 38.8 Å². The quantitative estimate of drug-likeness (QED) is 0.691. The number of amides is 1. The molecule has 1 atom stereocenters. The molecule has 2 aromatic rings. The van der Waals surface area contributed by atoms with E-state index in [9.17, 15) is 14.9 Å². The van der Waals surface area contributed by atoms with Gasteiger partial charge < -0.3 is 15.0 Å². The van der Waals surface area contributed by atoms with Gasteiger partial charge in [0, 0.05) is 13.1 Å². The molecule has 1 N–H and O–H groups in total. The normalized spacial score (nSPS) is 15.7. The zero-order chi connectivity index (χ0) is 15.5. The summed E-state index contributed by atoms with van der Waals surface area (Å²) in [6.45, 7) is 1.45. The summed E-state index contributed by atoms with van der Waals surface area (Å²) in [5.74, 6) is -0.582. The first-order valence-electron chi connectivity index (χ1n) is 7.20. The minimum Gasteiger partial charge on any atom is -0.358 e. The first kappa shape index (κ1) is 14.2. The summed E-state index contributed by atoms with van der Waals surface area (Å²) in [6.07, 6.45) is 3.14. The first-order valence-corrected chi connectivity index (χ1v) is 7.20. The molecule has 1 aromatic carbocycles. The van der Waals surface area contributed by atoms with Crippen molar-refractivity contribution in [2.24, 2.45) is 0 Å². The molecule has 0 radical (unpaired) electrons. The molecule has 7 nitrogen and oxygen atoms in total. The van der Waals surface area contributed by atoms with Crippen molar-refractivity contribution >= 4 is 11.7 Å². The topological polar surface area (TPSA) is 92.1 Å². The number of aromatic amines is 1. The number of imidazole rings is 1. The molecule has 3 rings (SSSR count). The van der Waals surface area contributed by atoms with Crippen molar-refractivity contribution in [3.8, 4) is 0 Å². The highest BCUT2D eigenvalue weighted by molar-refractivity contribution is 5.86. The molecule has 0 bridgehead atoms. The van der Waals surface area contributed by atoms with E-state index in [1.165, 1.54) is 0 Å². The highest BCUT2D eigenvalue weighted by atomic mass is 16.6. The van der Waals surface area contributed by atoms with Crippen molar-refractivity contribution in [3.63, 3.8) is 0 Å². The summed E-state index contributed by atoms with van der Waals surface area (Å²) < 4.78 is 0. The Labute approximate surface area is 127 Å². The van der Waals surface area contributed by atoms with Crippen LogP contribution in [-0.2, 0) is 4.79 Å². The predicted octanol–water partition coefficient (Wildman–Crippen LogP) is 2.07. The van der Waals surface area contributed by atoms with E-state index < -0.39 is 10.8 Å². The van der Waals surface area contributed by atoms with Crippen LogP contribution >= 0.6 is 0 Å². The van der Waals surface area contributed by atoms with Gasteiger partial charge in [0.15, 0.2) is 0 Å². The summed E-state index contributed by atoms with van der Waals surface area (Å²) in [5, 5.41) is 10.8. The zero-order valence-electron chi connectivity index (χ0n) is 11.9. The summed E-state index contributed by atoms with van der Waals surface area (Å²) >= 11 is 0. The molecule has 0 spiro atoms. The summed E-state index contributed by atoms with van der Waals surface area (Å²) in [5.41, 5.74) is 0.781. The van der Waals surface area contributed by atoms with Crippen LogP contribution in [0, 0.1) is 10.1 Å². The van der Waals surface area contributed by atoms with E-state index in [0.717, 1.165) is 37.7 Å². The maximum atomic E-state index is 12.8. The van der Waals surface area contributed by atoms with Gasteiger partial charge in [-0.1, -0.05) is 30.3 Å². The highest BCUT2D eigenvalue weighted by Gasteiger charge is 2.33. The van der Waals surface area contributed by atoms with E-state index in [2.05, 4.69) is 9.97 Å². The Morgan fingerprint density at radius 2 is 1.95 bits per heavy atom. The number of likely N-dealkylation sites (tertiary alicyclic amines) is 1. The average Bonchev–Trinajstić information content (AvgIpc) is 3.20. The number of hydrogen-bond donors (Lipinski definition) is 1. The van der Waals surface area contributed by atoms with E-state index >= 15 is 0 Å². The first-order chi connectivity index (χ1) is 10.7. The van der Waals surface area contributed by atoms with Crippen LogP contribution in [0.5, 0.6) is 0 Å². The number of rotatable bonds is 4. The maximum absolute atomic E-state index is 12.8. The van der Waals surface area contributed by atoms with Crippen LogP contribution in [0.15, 0.2) is 36.5 Å². The number of benzene rings is 1. The lowest BCUT2D eigenvalue weighted by molar-refractivity contribution is -0.389. The summed E-state index contributed by atoms with van der Waals surface area (Å²) in [4.78, 5) is 31.6. The van der Waals surface area contributed by atoms with Gasteiger partial charge in [0.2, 0.25) is 11.7 Å². The van der Waals surface area contributed by atoms with Crippen molar-refractivity contribution in [1.82, 2.24) is 14.9 Å². The summed E-state index contributed by atoms with van der Waals surface area (Å²) in [7, 11) is 0. The Bertz CT molecular complexity index is 677. The van der Waals surface area contributed by atoms with Gasteiger partial charge in [0.25, 0.3) is 0 Å². The zero-order valence-corrected chi connectivity index (χ0v) is 11.9. The number of aromatic nitrogens is 2. The third-order valence-electron chi connectivity index (χ3n) is 3.85. The minimum absolute atomic E-state index is 0.0621. The van der Waals surface area contributed by atoms with Gasteiger partial charge in [0.1, 0.15) is 12.1 Å². The van der Waals surface area contributed by atoms with Crippen molar-refractivity contribution < 1.29 is 9.72 Å². The smallest absolute Gasteiger partial charge is 0.340 e. The van der Waals surface area contributed by atoms with Gasteiger partial charge in [-0.3, -0.25) is 4.79 Å². The second-order valence-electron chi connectivity index (χ2n) is 5.29. The fraction of sp³-hybridized carbons (Fsp3) is 0.333. The molecule has 114 valence electrons. The van der Waals surface area contributed by atoms with Crippen molar-refractivity contribution in [2.75, 3.05) is 13.1 Å². The third kappa shape index (κ3) is 2.69. The van der Waals surface area contributed by atoms with E-state index in [-0.39, 0.29) is 11.7 Å². The summed E-state index contributed by atoms with van der Waals surface area (Å²) in [6, 6.07) is 9.24. The number of hydrogen-bond acceptors (Lipinski definition) is 4. The molecule has 1 saturated heterocycles. The Hall–Kier alpha value is -2.70. The molecule has 1 amide bonds. The van der Waals surface area contributed by atoms with Crippen LogP contribution < -0.4 is 0 Å². The van der Waals surface area contributed by atoms with Crippen LogP contribution in [0.3, 0.4) is 0 Å². The Kier molecular flexibility index (Phi) is 3.86. The Balaban J connectivity index is 1.98. The molecule has 1 unspecified atom stereocenters. The lowest BCUT2D eigenvalue weighted by Crippen LogP contribution is -2.33. The molecule has 22 heavy (non-hydrogen) atoms. The largest absolute Gasteiger partial charge is 0.358 e. The van der Waals surface area contributed by atoms with Gasteiger partial charge >= 0.3 is 5.82 Å². The fourth-order valence-corrected chi connectivity index (χ4v) is 2.75. The van der Waals surface area contributed by atoms with Gasteiger partial charge in [-0.25, -0.2) is 9.97 Å². The fourth-order valence-electron chi connectivity index (χ4n) is 2.75. The average molecular weight is 300 g/mol. The SMILES string of the molecule is O=C(C(c1ccccc1)c1ncc([N+](=O)[O-])[nH]1)N1CCCC1. The van der Waals surface area contributed by atoms with Crippen molar-refractivity contribution in [3.05, 3.63) is 58.0 Å². The molecular formula is C15H16N4O3. The Morgan fingerprint density at radius 3 is 2.55 bits per heavy atom. The Morgan fingerprint density at radius 1 is 1.27 bits per heavy atom. The highest BCUT2D eigenvalue weighted by Crippen LogP contribution is 2.27. The van der Waals surface area contributed by atoms with Gasteiger partial charge in [-0.2, -0.15) is 0 Å². The number of carbonyl (C=O) groups excluding carboxylic acids is 1. The molecular weight excluding hydrogens is 284 g/mol. The molecule has 1 aliphatic heterocycles. The monoisotopic (exact) mass is 300 g/mol. The third-order valence-corrected chi connectivity index (χ3v) is 3.85. The molecule has 7 heteroatoms. The number of carbonyl (C=O) groups is 1. The van der Waals surface area contributed by atoms with Gasteiger partial charge in [-0.15, -0.1) is 0 Å². The number of nitro groups is 1. The molecule has 1 fully saturated rings. The predicted molar refractivity (Wildman–Crippen MR) is 79.3 cm³/mol. The van der Waals surface area contributed by atoms with E-state index in [4.69, 9.17) is 0 Å². The van der Waals surface area contributed by atoms with Crippen molar-refractivity contribution in [1.29, 1.82) is 0 Å². The molecule has 1 aromatic heterocycles. The van der Waals surface area contributed by atoms with Gasteiger partial charge in [0.05, 0.1) is 0 Å². The van der Waals surface area contributed by atoms with E-state index in [0.29, 0.717) is 5.82 Å². The molecule has 0 saturated carbocycles. The van der Waals surface area contributed by atoms with Crippen molar-refractivity contribution in [2.45, 2.75) is 18.8 Å². The van der Waals surface area contributed by atoms with Crippen LogP contribution in [0.4, 0.5) is 5.82 Å². The second kappa shape index (κ2) is 5.97. The lowest BCUT2D eigenvalue weighted by atomic mass is 9.97.